The Morgan fingerprint density at radius 3 is 2.80 bits per heavy atom. The second-order valence-electron chi connectivity index (χ2n) is 7.29. The maximum atomic E-state index is 13.4. The molecule has 1 saturated heterocycles. The number of hydrogen-bond acceptors (Lipinski definition) is 6. The molecule has 0 unspecified atom stereocenters. The maximum absolute atomic E-state index is 13.4. The lowest BCUT2D eigenvalue weighted by Crippen LogP contribution is -2.21. The van der Waals surface area contributed by atoms with Crippen LogP contribution >= 0.6 is 11.6 Å². The topological polar surface area (TPSA) is 84.4 Å². The number of nitrogens with zero attached hydrogens (tertiary/aromatic N) is 3. The van der Waals surface area contributed by atoms with Crippen LogP contribution in [0.25, 0.3) is 22.6 Å². The van der Waals surface area contributed by atoms with Crippen LogP contribution in [0.1, 0.15) is 28.9 Å². The quantitative estimate of drug-likeness (QED) is 0.480. The molecule has 4 heterocycles. The molecule has 0 spiro atoms. The number of nitrogens with one attached hydrogen (secondary N) is 1. The highest BCUT2D eigenvalue weighted by Crippen LogP contribution is 2.33. The SMILES string of the molecule is Cc1noc2nc(-c3ccco3)cc(C(=O)Nc3cc(Cl)ccc3N3CCCC3)c12. The summed E-state index contributed by atoms with van der Waals surface area (Å²) in [6, 6.07) is 10.8. The van der Waals surface area contributed by atoms with E-state index in [0.717, 1.165) is 31.6 Å². The summed E-state index contributed by atoms with van der Waals surface area (Å²) >= 11 is 6.23. The summed E-state index contributed by atoms with van der Waals surface area (Å²) in [5, 5.41) is 8.16. The number of halogens is 1. The first-order chi connectivity index (χ1) is 14.6. The number of hydrogen-bond donors (Lipinski definition) is 1. The van der Waals surface area contributed by atoms with Gasteiger partial charge in [0.15, 0.2) is 5.76 Å². The molecular weight excluding hydrogens is 404 g/mol. The van der Waals surface area contributed by atoms with Crippen LogP contribution in [-0.4, -0.2) is 29.1 Å². The largest absolute Gasteiger partial charge is 0.463 e. The van der Waals surface area contributed by atoms with Gasteiger partial charge in [-0.25, -0.2) is 4.98 Å². The van der Waals surface area contributed by atoms with E-state index in [-0.39, 0.29) is 11.6 Å². The Bertz CT molecular complexity index is 1230. The molecule has 1 aliphatic rings. The van der Waals surface area contributed by atoms with Crippen molar-refractivity contribution >= 4 is 40.0 Å². The van der Waals surface area contributed by atoms with Gasteiger partial charge in [-0.2, -0.15) is 0 Å². The van der Waals surface area contributed by atoms with Crippen molar-refractivity contribution in [2.75, 3.05) is 23.3 Å². The van der Waals surface area contributed by atoms with Crippen LogP contribution in [0, 0.1) is 6.92 Å². The summed E-state index contributed by atoms with van der Waals surface area (Å²) in [4.78, 5) is 20.1. The van der Waals surface area contributed by atoms with Crippen LogP contribution in [0.3, 0.4) is 0 Å². The molecule has 3 aromatic heterocycles. The van der Waals surface area contributed by atoms with Crippen LogP contribution in [0.2, 0.25) is 5.02 Å². The number of pyridine rings is 1. The van der Waals surface area contributed by atoms with Crippen molar-refractivity contribution in [1.82, 2.24) is 10.1 Å². The van der Waals surface area contributed by atoms with E-state index in [1.54, 1.807) is 37.5 Å². The molecule has 1 N–H and O–H groups in total. The molecule has 0 saturated carbocycles. The third-order valence-corrected chi connectivity index (χ3v) is 5.52. The highest BCUT2D eigenvalue weighted by Gasteiger charge is 2.22. The minimum atomic E-state index is -0.288. The van der Waals surface area contributed by atoms with Crippen LogP contribution in [-0.2, 0) is 0 Å². The average Bonchev–Trinajstić information content (AvgIpc) is 3.50. The number of carbonyl (C=O) groups is 1. The second-order valence-corrected chi connectivity index (χ2v) is 7.73. The number of aromatic nitrogens is 2. The van der Waals surface area contributed by atoms with Gasteiger partial charge in [-0.1, -0.05) is 16.8 Å². The lowest BCUT2D eigenvalue weighted by Gasteiger charge is -2.22. The van der Waals surface area contributed by atoms with Gasteiger partial charge >= 0.3 is 0 Å². The molecule has 0 bridgehead atoms. The number of fused-ring (bicyclic) bond motifs is 1. The summed E-state index contributed by atoms with van der Waals surface area (Å²) in [7, 11) is 0. The minimum Gasteiger partial charge on any atom is -0.463 e. The molecule has 1 aliphatic heterocycles. The van der Waals surface area contributed by atoms with E-state index >= 15 is 0 Å². The Morgan fingerprint density at radius 2 is 2.03 bits per heavy atom. The molecule has 7 nitrogen and oxygen atoms in total. The Balaban J connectivity index is 1.57. The maximum Gasteiger partial charge on any atom is 0.259 e. The van der Waals surface area contributed by atoms with E-state index in [1.165, 1.54) is 0 Å². The zero-order valence-corrected chi connectivity index (χ0v) is 17.1. The van der Waals surface area contributed by atoms with E-state index in [4.69, 9.17) is 20.5 Å². The number of carbonyl (C=O) groups excluding carboxylic acids is 1. The molecule has 4 aromatic rings. The number of benzene rings is 1. The van der Waals surface area contributed by atoms with E-state index in [0.29, 0.717) is 38.8 Å². The summed E-state index contributed by atoms with van der Waals surface area (Å²) in [6.45, 7) is 3.70. The van der Waals surface area contributed by atoms with Crippen molar-refractivity contribution in [1.29, 1.82) is 0 Å². The van der Waals surface area contributed by atoms with Crippen LogP contribution < -0.4 is 10.2 Å². The molecule has 30 heavy (non-hydrogen) atoms. The number of rotatable bonds is 4. The molecule has 1 aromatic carbocycles. The van der Waals surface area contributed by atoms with Gasteiger partial charge in [0.05, 0.1) is 34.3 Å². The molecule has 0 radical (unpaired) electrons. The summed E-state index contributed by atoms with van der Waals surface area (Å²) in [5.74, 6) is 0.254. The highest BCUT2D eigenvalue weighted by molar-refractivity contribution is 6.31. The Morgan fingerprint density at radius 1 is 1.20 bits per heavy atom. The Labute approximate surface area is 177 Å². The lowest BCUT2D eigenvalue weighted by molar-refractivity contribution is 0.102. The molecule has 8 heteroatoms. The molecule has 0 aliphatic carbocycles. The van der Waals surface area contributed by atoms with Crippen molar-refractivity contribution in [3.63, 3.8) is 0 Å². The highest BCUT2D eigenvalue weighted by atomic mass is 35.5. The first-order valence-electron chi connectivity index (χ1n) is 9.77. The molecule has 1 amide bonds. The lowest BCUT2D eigenvalue weighted by atomic mass is 10.1. The molecule has 152 valence electrons. The number of aryl methyl sites for hydroxylation is 1. The van der Waals surface area contributed by atoms with Gasteiger partial charge in [-0.05, 0) is 56.2 Å². The fourth-order valence-corrected chi connectivity index (χ4v) is 4.03. The van der Waals surface area contributed by atoms with Crippen LogP contribution in [0.5, 0.6) is 0 Å². The van der Waals surface area contributed by atoms with E-state index < -0.39 is 0 Å². The van der Waals surface area contributed by atoms with Crippen molar-refractivity contribution in [3.05, 3.63) is 58.9 Å². The summed E-state index contributed by atoms with van der Waals surface area (Å²) < 4.78 is 10.8. The van der Waals surface area contributed by atoms with Gasteiger partial charge in [0.2, 0.25) is 0 Å². The van der Waals surface area contributed by atoms with Gasteiger partial charge in [0, 0.05) is 18.1 Å². The third-order valence-electron chi connectivity index (χ3n) is 5.29. The summed E-state index contributed by atoms with van der Waals surface area (Å²) in [6.07, 6.45) is 3.82. The standard InChI is InChI=1S/C22H19ClN4O3/c1-13-20-15(12-17(19-5-4-10-29-19)25-22(20)30-26-13)21(28)24-16-11-14(23)6-7-18(16)27-8-2-3-9-27/h4-7,10-12H,2-3,8-9H2,1H3,(H,24,28). The van der Waals surface area contributed by atoms with Crippen molar-refractivity contribution < 1.29 is 13.7 Å². The monoisotopic (exact) mass is 422 g/mol. The smallest absolute Gasteiger partial charge is 0.259 e. The number of amides is 1. The predicted octanol–water partition coefficient (Wildman–Crippen LogP) is 5.30. The van der Waals surface area contributed by atoms with Gasteiger partial charge in [-0.15, -0.1) is 0 Å². The van der Waals surface area contributed by atoms with E-state index in [2.05, 4.69) is 20.4 Å². The van der Waals surface area contributed by atoms with Crippen molar-refractivity contribution in [2.24, 2.45) is 0 Å². The Hall–Kier alpha value is -3.32. The van der Waals surface area contributed by atoms with Gasteiger partial charge in [0.1, 0.15) is 5.69 Å². The van der Waals surface area contributed by atoms with E-state index in [1.807, 2.05) is 12.1 Å². The average molecular weight is 423 g/mol. The molecular formula is C22H19ClN4O3. The number of furan rings is 1. The first kappa shape index (κ1) is 18.7. The third kappa shape index (κ3) is 3.31. The molecule has 1 fully saturated rings. The molecule has 0 atom stereocenters. The van der Waals surface area contributed by atoms with Crippen molar-refractivity contribution in [2.45, 2.75) is 19.8 Å². The van der Waals surface area contributed by atoms with Crippen molar-refractivity contribution in [3.8, 4) is 11.5 Å². The predicted molar refractivity (Wildman–Crippen MR) is 115 cm³/mol. The zero-order valence-electron chi connectivity index (χ0n) is 16.3. The van der Waals surface area contributed by atoms with Crippen LogP contribution in [0.4, 0.5) is 11.4 Å². The van der Waals surface area contributed by atoms with E-state index in [9.17, 15) is 4.79 Å². The Kier molecular flexibility index (Phi) is 4.67. The first-order valence-corrected chi connectivity index (χ1v) is 10.1. The van der Waals surface area contributed by atoms with Gasteiger partial charge in [0.25, 0.3) is 11.6 Å². The zero-order chi connectivity index (χ0) is 20.7. The normalized spacial score (nSPS) is 13.9. The van der Waals surface area contributed by atoms with Crippen LogP contribution in [0.15, 0.2) is 51.6 Å². The number of anilines is 2. The van der Waals surface area contributed by atoms with Gasteiger partial charge in [-0.3, -0.25) is 4.79 Å². The van der Waals surface area contributed by atoms with Gasteiger partial charge < -0.3 is 19.2 Å². The fourth-order valence-electron chi connectivity index (χ4n) is 3.86. The second kappa shape index (κ2) is 7.50. The fraction of sp³-hybridized carbons (Fsp3) is 0.227. The molecule has 5 rings (SSSR count). The minimum absolute atomic E-state index is 0.288. The summed E-state index contributed by atoms with van der Waals surface area (Å²) in [5.41, 5.74) is 3.44.